The van der Waals surface area contributed by atoms with Crippen LogP contribution in [0.3, 0.4) is 0 Å². The average molecular weight is 323 g/mol. The maximum absolute atomic E-state index is 12.3. The van der Waals surface area contributed by atoms with E-state index in [2.05, 4.69) is 27.7 Å². The van der Waals surface area contributed by atoms with Crippen molar-refractivity contribution in [2.75, 3.05) is 0 Å². The molecule has 4 rings (SSSR count). The lowest BCUT2D eigenvalue weighted by molar-refractivity contribution is -0.0535. The third kappa shape index (κ3) is 3.00. The maximum Gasteiger partial charge on any atom is 0.461 e. The second-order valence-electron chi connectivity index (χ2n) is 9.29. The zero-order chi connectivity index (χ0) is 17.2. The van der Waals surface area contributed by atoms with Crippen molar-refractivity contribution in [3.05, 3.63) is 0 Å². The van der Waals surface area contributed by atoms with Crippen LogP contribution in [0.25, 0.3) is 0 Å². The molecule has 23 heavy (non-hydrogen) atoms. The molecule has 1 unspecified atom stereocenters. The molecule has 4 fully saturated rings. The first kappa shape index (κ1) is 17.1. The minimum absolute atomic E-state index is 0.161. The molecule has 1 saturated carbocycles. The number of carbonyl (C=O) groups excluding carboxylic acids is 1. The van der Waals surface area contributed by atoms with Crippen LogP contribution >= 0.6 is 0 Å². The highest BCUT2D eigenvalue weighted by atomic mass is 16.7. The Bertz CT molecular complexity index is 471. The number of piperidine rings is 1. The Balaban J connectivity index is 1.61. The van der Waals surface area contributed by atoms with E-state index in [1.54, 1.807) is 0 Å². The Morgan fingerprint density at radius 2 is 1.52 bits per heavy atom. The molecule has 0 aromatic carbocycles. The average Bonchev–Trinajstić information content (AvgIpc) is 2.56. The molecule has 0 aromatic heterocycles. The highest BCUT2D eigenvalue weighted by molar-refractivity contribution is 6.47. The summed E-state index contributed by atoms with van der Waals surface area (Å²) in [5.74, 6) is 0.360. The van der Waals surface area contributed by atoms with E-state index >= 15 is 0 Å². The van der Waals surface area contributed by atoms with Gasteiger partial charge in [0.05, 0.1) is 11.2 Å². The Hall–Kier alpha value is -0.745. The van der Waals surface area contributed by atoms with Crippen molar-refractivity contribution in [3.63, 3.8) is 0 Å². The summed E-state index contributed by atoms with van der Waals surface area (Å²) in [6, 6.07) is 0.542. The summed E-state index contributed by atoms with van der Waals surface area (Å²) >= 11 is 0. The summed E-state index contributed by atoms with van der Waals surface area (Å²) in [7, 11) is -0.161. The van der Waals surface area contributed by atoms with Crippen LogP contribution in [0.1, 0.15) is 67.7 Å². The normalized spacial score (nSPS) is 35.0. The Kier molecular flexibility index (Phi) is 3.81. The lowest BCUT2D eigenvalue weighted by Crippen LogP contribution is -2.64. The van der Waals surface area contributed by atoms with Crippen LogP contribution in [0.2, 0.25) is 5.82 Å². The molecule has 2 bridgehead atoms. The Morgan fingerprint density at radius 1 is 1.04 bits per heavy atom. The number of nitrogens with zero attached hydrogens (tertiary/aromatic N) is 1. The van der Waals surface area contributed by atoms with E-state index in [9.17, 15) is 4.79 Å². The van der Waals surface area contributed by atoms with E-state index in [0.717, 1.165) is 19.3 Å². The number of carbonyl (C=O) groups is 1. The molecular formula is C17H30BNO4. The number of rotatable bonds is 1. The van der Waals surface area contributed by atoms with Gasteiger partial charge >= 0.3 is 13.2 Å². The highest BCUT2D eigenvalue weighted by Gasteiger charge is 2.58. The molecule has 130 valence electrons. The van der Waals surface area contributed by atoms with Gasteiger partial charge in [0.2, 0.25) is 0 Å². The van der Waals surface area contributed by atoms with Crippen LogP contribution < -0.4 is 0 Å². The summed E-state index contributed by atoms with van der Waals surface area (Å²) in [6.45, 7) is 14.1. The molecule has 6 heteroatoms. The van der Waals surface area contributed by atoms with Gasteiger partial charge in [-0.2, -0.15) is 0 Å². The van der Waals surface area contributed by atoms with Gasteiger partial charge < -0.3 is 18.9 Å². The lowest BCUT2D eigenvalue weighted by Gasteiger charge is -2.55. The second-order valence-corrected chi connectivity index (χ2v) is 9.29. The van der Waals surface area contributed by atoms with E-state index in [1.807, 2.05) is 25.7 Å². The molecule has 0 spiro atoms. The summed E-state index contributed by atoms with van der Waals surface area (Å²) in [5.41, 5.74) is -1.01. The minimum atomic E-state index is -0.438. The van der Waals surface area contributed by atoms with Crippen LogP contribution in [0, 0.1) is 0 Å². The highest BCUT2D eigenvalue weighted by Crippen LogP contribution is 2.50. The monoisotopic (exact) mass is 323 g/mol. The number of hydrogen-bond donors (Lipinski definition) is 0. The van der Waals surface area contributed by atoms with Crippen LogP contribution in [0.5, 0.6) is 0 Å². The number of ether oxygens (including phenoxy) is 1. The molecule has 3 aliphatic heterocycles. The smallest absolute Gasteiger partial charge is 0.444 e. The molecular weight excluding hydrogens is 293 g/mol. The fourth-order valence-electron chi connectivity index (χ4n) is 3.83. The van der Waals surface area contributed by atoms with Crippen molar-refractivity contribution in [2.45, 2.75) is 102 Å². The maximum atomic E-state index is 12.3. The molecule has 0 aromatic rings. The quantitative estimate of drug-likeness (QED) is 0.692. The van der Waals surface area contributed by atoms with E-state index in [4.69, 9.17) is 14.0 Å². The van der Waals surface area contributed by atoms with Crippen LogP contribution in [-0.4, -0.2) is 47.0 Å². The molecule has 5 nitrogen and oxygen atoms in total. The molecule has 3 saturated heterocycles. The van der Waals surface area contributed by atoms with Gasteiger partial charge in [-0.15, -0.1) is 0 Å². The predicted octanol–water partition coefficient (Wildman–Crippen LogP) is 3.62. The van der Waals surface area contributed by atoms with Crippen molar-refractivity contribution < 1.29 is 18.8 Å². The van der Waals surface area contributed by atoms with Crippen molar-refractivity contribution in [1.82, 2.24) is 4.90 Å². The van der Waals surface area contributed by atoms with Crippen LogP contribution in [0.4, 0.5) is 4.79 Å². The third-order valence-corrected chi connectivity index (χ3v) is 5.74. The fourth-order valence-corrected chi connectivity index (χ4v) is 3.83. The van der Waals surface area contributed by atoms with E-state index in [-0.39, 0.29) is 36.5 Å². The Morgan fingerprint density at radius 3 is 1.96 bits per heavy atom. The lowest BCUT2D eigenvalue weighted by atomic mass is 9.58. The van der Waals surface area contributed by atoms with Crippen molar-refractivity contribution in [2.24, 2.45) is 0 Å². The van der Waals surface area contributed by atoms with Gasteiger partial charge in [-0.1, -0.05) is 0 Å². The van der Waals surface area contributed by atoms with Gasteiger partial charge in [-0.05, 0) is 73.5 Å². The SMILES string of the molecule is CC(C)(C)OC(=O)N1[C@@H]2CC(B3OC(C)(C)C(C)(C)O3)C[C@H]1C2. The molecule has 4 aliphatic rings. The van der Waals surface area contributed by atoms with Crippen LogP contribution in [-0.2, 0) is 14.0 Å². The first-order chi connectivity index (χ1) is 10.4. The molecule has 0 N–H and O–H groups in total. The van der Waals surface area contributed by atoms with Gasteiger partial charge in [0.25, 0.3) is 0 Å². The Labute approximate surface area is 140 Å². The number of fused-ring (bicyclic) bond motifs is 2. The third-order valence-electron chi connectivity index (χ3n) is 5.74. The standard InChI is InChI=1S/C17H30BNO4/c1-15(2,3)21-14(20)19-12-8-11(9-13(19)10-12)18-22-16(4,5)17(6,7)23-18/h11-13H,8-10H2,1-7H3/t11?,12-,13+. The van der Waals surface area contributed by atoms with Gasteiger partial charge in [-0.25, -0.2) is 4.79 Å². The second kappa shape index (κ2) is 5.12. The fraction of sp³-hybridized carbons (Fsp3) is 0.941. The van der Waals surface area contributed by atoms with Crippen molar-refractivity contribution >= 4 is 13.2 Å². The van der Waals surface area contributed by atoms with Crippen molar-refractivity contribution in [3.8, 4) is 0 Å². The van der Waals surface area contributed by atoms with E-state index < -0.39 is 5.60 Å². The van der Waals surface area contributed by atoms with E-state index in [0.29, 0.717) is 5.82 Å². The molecule has 1 aliphatic carbocycles. The summed E-state index contributed by atoms with van der Waals surface area (Å²) < 4.78 is 17.9. The van der Waals surface area contributed by atoms with Gasteiger partial charge in [0.15, 0.2) is 0 Å². The summed E-state index contributed by atoms with van der Waals surface area (Å²) in [5, 5.41) is 0. The summed E-state index contributed by atoms with van der Waals surface area (Å²) in [6.07, 6.45) is 2.78. The first-order valence-electron chi connectivity index (χ1n) is 8.76. The molecule has 3 heterocycles. The first-order valence-corrected chi connectivity index (χ1v) is 8.76. The largest absolute Gasteiger partial charge is 0.461 e. The summed E-state index contributed by atoms with van der Waals surface area (Å²) in [4.78, 5) is 14.3. The minimum Gasteiger partial charge on any atom is -0.444 e. The zero-order valence-electron chi connectivity index (χ0n) is 15.5. The van der Waals surface area contributed by atoms with Gasteiger partial charge in [-0.3, -0.25) is 0 Å². The number of amides is 1. The zero-order valence-corrected chi connectivity index (χ0v) is 15.5. The van der Waals surface area contributed by atoms with Gasteiger partial charge in [0, 0.05) is 12.1 Å². The molecule has 1 amide bonds. The van der Waals surface area contributed by atoms with Crippen LogP contribution in [0.15, 0.2) is 0 Å². The van der Waals surface area contributed by atoms with Crippen molar-refractivity contribution in [1.29, 1.82) is 0 Å². The predicted molar refractivity (Wildman–Crippen MR) is 89.3 cm³/mol. The number of hydrogen-bond acceptors (Lipinski definition) is 4. The van der Waals surface area contributed by atoms with E-state index in [1.165, 1.54) is 0 Å². The topological polar surface area (TPSA) is 48.0 Å². The van der Waals surface area contributed by atoms with Gasteiger partial charge in [0.1, 0.15) is 5.60 Å². The molecule has 0 radical (unpaired) electrons. The molecule has 3 atom stereocenters.